The van der Waals surface area contributed by atoms with Crippen LogP contribution in [0.2, 0.25) is 5.02 Å². The van der Waals surface area contributed by atoms with Crippen LogP contribution in [-0.4, -0.2) is 5.78 Å². The molecule has 0 aliphatic heterocycles. The number of benzene rings is 1. The molecule has 0 unspecified atom stereocenters. The van der Waals surface area contributed by atoms with E-state index in [0.29, 0.717) is 6.42 Å². The molecule has 0 saturated carbocycles. The average Bonchev–Trinajstić information content (AvgIpc) is 2.44. The van der Waals surface area contributed by atoms with Crippen LogP contribution in [0.3, 0.4) is 0 Å². The first-order valence-electron chi connectivity index (χ1n) is 7.64. The summed E-state index contributed by atoms with van der Waals surface area (Å²) in [5, 5.41) is 0.0202. The van der Waals surface area contributed by atoms with Crippen molar-refractivity contribution < 1.29 is 9.18 Å². The van der Waals surface area contributed by atoms with E-state index < -0.39 is 5.82 Å². The Bertz CT molecular complexity index is 417. The van der Waals surface area contributed by atoms with Crippen molar-refractivity contribution >= 4 is 17.4 Å². The van der Waals surface area contributed by atoms with E-state index >= 15 is 0 Å². The standard InChI is InChI=1S/C17H24ClFO/c1-2-3-4-5-6-7-8-9-13-16(20)14-11-10-12-15(18)17(14)19/h10-12H,2-9,13H2,1H3. The Morgan fingerprint density at radius 2 is 1.65 bits per heavy atom. The first-order chi connectivity index (χ1) is 9.66. The number of hydrogen-bond donors (Lipinski definition) is 0. The number of rotatable bonds is 10. The van der Waals surface area contributed by atoms with Gasteiger partial charge in [0, 0.05) is 6.42 Å². The van der Waals surface area contributed by atoms with Gasteiger partial charge < -0.3 is 0 Å². The summed E-state index contributed by atoms with van der Waals surface area (Å²) in [4.78, 5) is 11.9. The molecule has 0 spiro atoms. The van der Waals surface area contributed by atoms with Crippen molar-refractivity contribution in [2.24, 2.45) is 0 Å². The van der Waals surface area contributed by atoms with Gasteiger partial charge in [0.15, 0.2) is 11.6 Å². The van der Waals surface area contributed by atoms with Crippen LogP contribution in [0, 0.1) is 5.82 Å². The Labute approximate surface area is 126 Å². The van der Waals surface area contributed by atoms with Gasteiger partial charge in [0.05, 0.1) is 10.6 Å². The molecule has 1 rings (SSSR count). The van der Waals surface area contributed by atoms with E-state index in [1.165, 1.54) is 44.2 Å². The van der Waals surface area contributed by atoms with Crippen LogP contribution in [-0.2, 0) is 0 Å². The van der Waals surface area contributed by atoms with Gasteiger partial charge in [0.25, 0.3) is 0 Å². The van der Waals surface area contributed by atoms with Gasteiger partial charge in [-0.1, -0.05) is 69.5 Å². The summed E-state index contributed by atoms with van der Waals surface area (Å²) in [5.41, 5.74) is 0.125. The van der Waals surface area contributed by atoms with E-state index in [-0.39, 0.29) is 16.4 Å². The zero-order valence-electron chi connectivity index (χ0n) is 12.3. The maximum atomic E-state index is 13.6. The second-order valence-corrected chi connectivity index (χ2v) is 5.66. The molecule has 1 nitrogen and oxygen atoms in total. The Morgan fingerprint density at radius 3 is 2.30 bits per heavy atom. The molecule has 0 bridgehead atoms. The lowest BCUT2D eigenvalue weighted by molar-refractivity contribution is 0.0975. The number of hydrogen-bond acceptors (Lipinski definition) is 1. The zero-order valence-corrected chi connectivity index (χ0v) is 13.0. The summed E-state index contributed by atoms with van der Waals surface area (Å²) >= 11 is 5.67. The largest absolute Gasteiger partial charge is 0.294 e. The molecule has 3 heteroatoms. The number of Topliss-reactive ketones (excluding diaryl/α,β-unsaturated/α-hetero) is 1. The van der Waals surface area contributed by atoms with Crippen LogP contribution in [0.25, 0.3) is 0 Å². The lowest BCUT2D eigenvalue weighted by atomic mass is 10.0. The lowest BCUT2D eigenvalue weighted by Gasteiger charge is -2.04. The maximum Gasteiger partial charge on any atom is 0.165 e. The van der Waals surface area contributed by atoms with E-state index in [4.69, 9.17) is 11.6 Å². The van der Waals surface area contributed by atoms with Gasteiger partial charge in [0.2, 0.25) is 0 Å². The Kier molecular flexibility index (Phi) is 8.52. The van der Waals surface area contributed by atoms with Crippen molar-refractivity contribution in [3.63, 3.8) is 0 Å². The zero-order chi connectivity index (χ0) is 14.8. The smallest absolute Gasteiger partial charge is 0.165 e. The number of ketones is 1. The summed E-state index contributed by atoms with van der Waals surface area (Å²) < 4.78 is 13.6. The molecular weight excluding hydrogens is 275 g/mol. The van der Waals surface area contributed by atoms with Gasteiger partial charge >= 0.3 is 0 Å². The minimum Gasteiger partial charge on any atom is -0.294 e. The molecule has 20 heavy (non-hydrogen) atoms. The van der Waals surface area contributed by atoms with Crippen molar-refractivity contribution in [1.82, 2.24) is 0 Å². The van der Waals surface area contributed by atoms with Crippen molar-refractivity contribution in [1.29, 1.82) is 0 Å². The number of unbranched alkanes of at least 4 members (excludes halogenated alkanes) is 7. The van der Waals surface area contributed by atoms with Crippen LogP contribution in [0.15, 0.2) is 18.2 Å². The average molecular weight is 299 g/mol. The molecule has 0 amide bonds. The number of carbonyl (C=O) groups excluding carboxylic acids is 1. The Balaban J connectivity index is 2.19. The highest BCUT2D eigenvalue weighted by molar-refractivity contribution is 6.31. The van der Waals surface area contributed by atoms with Gasteiger partial charge in [-0.2, -0.15) is 0 Å². The molecule has 0 N–H and O–H groups in total. The van der Waals surface area contributed by atoms with Gasteiger partial charge in [0.1, 0.15) is 0 Å². The van der Waals surface area contributed by atoms with Crippen LogP contribution in [0.5, 0.6) is 0 Å². The number of carbonyl (C=O) groups is 1. The highest BCUT2D eigenvalue weighted by Gasteiger charge is 2.13. The van der Waals surface area contributed by atoms with E-state index in [9.17, 15) is 9.18 Å². The molecule has 0 aliphatic rings. The van der Waals surface area contributed by atoms with Gasteiger partial charge in [-0.25, -0.2) is 4.39 Å². The molecule has 0 atom stereocenters. The summed E-state index contributed by atoms with van der Waals surface area (Å²) in [6.45, 7) is 2.21. The first kappa shape index (κ1) is 17.2. The monoisotopic (exact) mass is 298 g/mol. The summed E-state index contributed by atoms with van der Waals surface area (Å²) in [6, 6.07) is 4.59. The molecule has 0 radical (unpaired) electrons. The fraction of sp³-hybridized carbons (Fsp3) is 0.588. The fourth-order valence-electron chi connectivity index (χ4n) is 2.27. The second-order valence-electron chi connectivity index (χ2n) is 5.25. The van der Waals surface area contributed by atoms with Crippen LogP contribution in [0.4, 0.5) is 4.39 Å². The third kappa shape index (κ3) is 6.04. The summed E-state index contributed by atoms with van der Waals surface area (Å²) in [7, 11) is 0. The highest BCUT2D eigenvalue weighted by atomic mass is 35.5. The minimum atomic E-state index is -0.585. The SMILES string of the molecule is CCCCCCCCCCC(=O)c1cccc(Cl)c1F. The van der Waals surface area contributed by atoms with Gasteiger partial charge in [-0.05, 0) is 18.6 Å². The molecule has 1 aromatic rings. The summed E-state index contributed by atoms with van der Waals surface area (Å²) in [5.74, 6) is -0.727. The van der Waals surface area contributed by atoms with Gasteiger partial charge in [-0.3, -0.25) is 4.79 Å². The second kappa shape index (κ2) is 9.93. The lowest BCUT2D eigenvalue weighted by Crippen LogP contribution is -2.02. The van der Waals surface area contributed by atoms with E-state index in [1.54, 1.807) is 6.07 Å². The maximum absolute atomic E-state index is 13.6. The molecule has 0 heterocycles. The third-order valence-corrected chi connectivity index (χ3v) is 3.80. The minimum absolute atomic E-state index is 0.0202. The third-order valence-electron chi connectivity index (χ3n) is 3.51. The highest BCUT2D eigenvalue weighted by Crippen LogP contribution is 2.20. The predicted molar refractivity (Wildman–Crippen MR) is 83.0 cm³/mol. The topological polar surface area (TPSA) is 17.1 Å². The van der Waals surface area contributed by atoms with E-state index in [2.05, 4.69) is 6.92 Å². The Morgan fingerprint density at radius 1 is 1.05 bits per heavy atom. The molecule has 1 aromatic carbocycles. The van der Waals surface area contributed by atoms with Crippen molar-refractivity contribution in [2.45, 2.75) is 64.7 Å². The van der Waals surface area contributed by atoms with Crippen molar-refractivity contribution in [3.05, 3.63) is 34.6 Å². The Hall–Kier alpha value is -0.890. The molecule has 0 fully saturated rings. The summed E-state index contributed by atoms with van der Waals surface area (Å²) in [6.07, 6.45) is 9.85. The first-order valence-corrected chi connectivity index (χ1v) is 8.01. The van der Waals surface area contributed by atoms with E-state index in [0.717, 1.165) is 19.3 Å². The quantitative estimate of drug-likeness (QED) is 0.371. The molecule has 112 valence electrons. The van der Waals surface area contributed by atoms with Crippen LogP contribution in [0.1, 0.15) is 75.1 Å². The van der Waals surface area contributed by atoms with Gasteiger partial charge in [-0.15, -0.1) is 0 Å². The van der Waals surface area contributed by atoms with Crippen molar-refractivity contribution in [2.75, 3.05) is 0 Å². The van der Waals surface area contributed by atoms with Crippen molar-refractivity contribution in [3.8, 4) is 0 Å². The molecule has 0 aromatic heterocycles. The normalized spacial score (nSPS) is 10.8. The molecular formula is C17H24ClFO. The number of halogens is 2. The molecule has 0 saturated heterocycles. The van der Waals surface area contributed by atoms with Crippen LogP contribution >= 0.6 is 11.6 Å². The molecule has 0 aliphatic carbocycles. The van der Waals surface area contributed by atoms with Crippen LogP contribution < -0.4 is 0 Å². The predicted octanol–water partition coefficient (Wildman–Crippen LogP) is 6.19. The fourth-order valence-corrected chi connectivity index (χ4v) is 2.45. The van der Waals surface area contributed by atoms with E-state index in [1.807, 2.05) is 0 Å².